The van der Waals surface area contributed by atoms with Crippen LogP contribution in [0, 0.1) is 35.5 Å². The molecule has 0 aliphatic heterocycles. The highest BCUT2D eigenvalue weighted by molar-refractivity contribution is 5.69. The second kappa shape index (κ2) is 56.7. The molecule has 76 heavy (non-hydrogen) atoms. The number of rotatable bonds is 59. The molecule has 448 valence electrons. The maximum Gasteiger partial charge on any atom is 0.305 e. The molecule has 1 rings (SSSR count). The molecule has 4 nitrogen and oxygen atoms in total. The lowest BCUT2D eigenvalue weighted by Crippen LogP contribution is -2.30. The van der Waals surface area contributed by atoms with Crippen molar-refractivity contribution >= 4 is 11.9 Å². The van der Waals surface area contributed by atoms with Gasteiger partial charge in [-0.15, -0.1) is 0 Å². The normalized spacial score (nSPS) is 16.7. The Kier molecular flexibility index (Phi) is 54.0. The van der Waals surface area contributed by atoms with Crippen LogP contribution >= 0.6 is 0 Å². The van der Waals surface area contributed by atoms with Crippen molar-refractivity contribution in [1.82, 2.24) is 0 Å². The number of hydrogen-bond donors (Lipinski definition) is 0. The van der Waals surface area contributed by atoms with Gasteiger partial charge in [0.2, 0.25) is 0 Å². The van der Waals surface area contributed by atoms with Gasteiger partial charge in [-0.3, -0.25) is 9.59 Å². The molecule has 0 aromatic heterocycles. The van der Waals surface area contributed by atoms with Crippen molar-refractivity contribution in [2.45, 2.75) is 375 Å². The van der Waals surface area contributed by atoms with Crippen LogP contribution in [-0.2, 0) is 19.1 Å². The molecule has 0 heterocycles. The molecule has 4 atom stereocenters. The van der Waals surface area contributed by atoms with E-state index < -0.39 is 0 Å². The van der Waals surface area contributed by atoms with Gasteiger partial charge < -0.3 is 9.47 Å². The zero-order valence-corrected chi connectivity index (χ0v) is 52.6. The number of esters is 2. The van der Waals surface area contributed by atoms with Gasteiger partial charge in [0.15, 0.2) is 0 Å². The van der Waals surface area contributed by atoms with E-state index in [0.717, 1.165) is 49.4 Å². The molecule has 1 aliphatic carbocycles. The number of allylic oxidation sites excluding steroid dienone is 4. The summed E-state index contributed by atoms with van der Waals surface area (Å²) < 4.78 is 11.2. The van der Waals surface area contributed by atoms with E-state index in [1.807, 2.05) is 0 Å². The summed E-state index contributed by atoms with van der Waals surface area (Å²) in [6.07, 6.45) is 77.6. The fraction of sp³-hybridized carbons (Fsp3) is 0.917. The van der Waals surface area contributed by atoms with Gasteiger partial charge in [-0.2, -0.15) is 0 Å². The Morgan fingerprint density at radius 3 is 1.09 bits per heavy atom. The first kappa shape index (κ1) is 72.4. The minimum atomic E-state index is 0.0180. The topological polar surface area (TPSA) is 52.6 Å². The van der Waals surface area contributed by atoms with Crippen LogP contribution in [0.5, 0.6) is 0 Å². The fourth-order valence-corrected chi connectivity index (χ4v) is 12.3. The van der Waals surface area contributed by atoms with Gasteiger partial charge in [0.25, 0.3) is 0 Å². The van der Waals surface area contributed by atoms with Crippen LogP contribution in [-0.4, -0.2) is 25.2 Å². The first-order valence-electron chi connectivity index (χ1n) is 34.9. The number of hydrogen-bond acceptors (Lipinski definition) is 4. The number of carbonyl (C=O) groups is 2. The lowest BCUT2D eigenvalue weighted by atomic mass is 9.66. The van der Waals surface area contributed by atoms with E-state index in [9.17, 15) is 9.59 Å². The van der Waals surface area contributed by atoms with E-state index in [1.165, 1.54) is 295 Å². The summed E-state index contributed by atoms with van der Waals surface area (Å²) in [5.41, 5.74) is 0. The Morgan fingerprint density at radius 1 is 0.368 bits per heavy atom. The Bertz CT molecular complexity index is 1270. The molecule has 0 saturated carbocycles. The van der Waals surface area contributed by atoms with Crippen molar-refractivity contribution in [3.8, 4) is 0 Å². The van der Waals surface area contributed by atoms with E-state index in [1.54, 1.807) is 0 Å². The van der Waals surface area contributed by atoms with Crippen LogP contribution in [0.2, 0.25) is 0 Å². The maximum atomic E-state index is 12.4. The molecular formula is C72H136O4. The Morgan fingerprint density at radius 2 is 0.684 bits per heavy atom. The third-order valence-electron chi connectivity index (χ3n) is 17.3. The van der Waals surface area contributed by atoms with Crippen molar-refractivity contribution in [2.75, 3.05) is 13.2 Å². The lowest BCUT2D eigenvalue weighted by molar-refractivity contribution is -0.144. The van der Waals surface area contributed by atoms with Crippen LogP contribution in [0.15, 0.2) is 24.3 Å². The van der Waals surface area contributed by atoms with Gasteiger partial charge in [-0.25, -0.2) is 0 Å². The predicted octanol–water partition coefficient (Wildman–Crippen LogP) is 24.3. The molecule has 0 fully saturated rings. The van der Waals surface area contributed by atoms with Crippen molar-refractivity contribution in [3.05, 3.63) is 24.3 Å². The molecule has 0 saturated heterocycles. The SMILES string of the molecule is CCCCCCC1C=CC(CCCCCCCCOC(=O)CCCCCCCCCCCCCCC(C)C)C(C=CCCCCCCCCOC(=O)CCCCCCCCCCCCCCC(C)C)C1CCCCCC. The van der Waals surface area contributed by atoms with Crippen LogP contribution in [0.3, 0.4) is 0 Å². The average Bonchev–Trinajstić information content (AvgIpc) is 3.40. The molecule has 0 N–H and O–H groups in total. The molecule has 1 aliphatic rings. The van der Waals surface area contributed by atoms with Gasteiger partial charge >= 0.3 is 11.9 Å². The van der Waals surface area contributed by atoms with Gasteiger partial charge in [0, 0.05) is 12.8 Å². The lowest BCUT2D eigenvalue weighted by Gasteiger charge is -2.39. The smallest absolute Gasteiger partial charge is 0.305 e. The van der Waals surface area contributed by atoms with Crippen LogP contribution in [0.1, 0.15) is 375 Å². The fourth-order valence-electron chi connectivity index (χ4n) is 12.3. The van der Waals surface area contributed by atoms with E-state index in [2.05, 4.69) is 65.8 Å². The summed E-state index contributed by atoms with van der Waals surface area (Å²) in [6.45, 7) is 15.2. The van der Waals surface area contributed by atoms with Crippen LogP contribution < -0.4 is 0 Å². The quantitative estimate of drug-likeness (QED) is 0.0346. The standard InChI is InChI=1S/C72H136O4/c1-7-9-11-45-55-67-61-62-68(56-46-37-32-34-42-52-64-76-72(74)60-50-40-31-24-20-16-14-18-22-28-36-44-54-66(5)6)70(69(67)57-47-12-10-8-2)58-48-38-29-25-26-33-41-51-63-75-71(73)59-49-39-30-23-19-15-13-17-21-27-35-43-53-65(3)4/h48,58,61-62,65-70H,7-47,49-57,59-60,63-64H2,1-6H3. The van der Waals surface area contributed by atoms with Crippen LogP contribution in [0.25, 0.3) is 0 Å². The number of carbonyl (C=O) groups excluding carboxylic acids is 2. The van der Waals surface area contributed by atoms with Gasteiger partial charge in [0.05, 0.1) is 13.2 Å². The van der Waals surface area contributed by atoms with Crippen molar-refractivity contribution in [2.24, 2.45) is 35.5 Å². The predicted molar refractivity (Wildman–Crippen MR) is 335 cm³/mol. The summed E-state index contributed by atoms with van der Waals surface area (Å²) >= 11 is 0. The first-order valence-corrected chi connectivity index (χ1v) is 34.9. The molecule has 0 aromatic carbocycles. The zero-order chi connectivity index (χ0) is 55.0. The van der Waals surface area contributed by atoms with Crippen molar-refractivity contribution < 1.29 is 19.1 Å². The minimum Gasteiger partial charge on any atom is -0.466 e. The molecule has 4 heteroatoms. The second-order valence-corrected chi connectivity index (χ2v) is 25.7. The first-order chi connectivity index (χ1) is 37.3. The van der Waals surface area contributed by atoms with E-state index >= 15 is 0 Å². The largest absolute Gasteiger partial charge is 0.466 e. The summed E-state index contributed by atoms with van der Waals surface area (Å²) in [4.78, 5) is 24.7. The number of unbranched alkanes of at least 4 members (excludes halogenated alkanes) is 39. The molecule has 4 unspecified atom stereocenters. The summed E-state index contributed by atoms with van der Waals surface area (Å²) in [6, 6.07) is 0. The molecular weight excluding hydrogens is 929 g/mol. The molecule has 0 aromatic rings. The van der Waals surface area contributed by atoms with Crippen LogP contribution in [0.4, 0.5) is 0 Å². The molecule has 0 radical (unpaired) electrons. The maximum absolute atomic E-state index is 12.4. The van der Waals surface area contributed by atoms with Crippen molar-refractivity contribution in [1.29, 1.82) is 0 Å². The summed E-state index contributed by atoms with van der Waals surface area (Å²) in [5.74, 6) is 4.66. The highest BCUT2D eigenvalue weighted by Gasteiger charge is 2.33. The third kappa shape index (κ3) is 48.3. The summed E-state index contributed by atoms with van der Waals surface area (Å²) in [7, 11) is 0. The second-order valence-electron chi connectivity index (χ2n) is 25.7. The molecule has 0 bridgehead atoms. The van der Waals surface area contributed by atoms with Gasteiger partial charge in [-0.05, 0) is 93.3 Å². The van der Waals surface area contributed by atoms with E-state index in [4.69, 9.17) is 9.47 Å². The minimum absolute atomic E-state index is 0.0180. The average molecular weight is 1070 g/mol. The highest BCUT2D eigenvalue weighted by atomic mass is 16.5. The molecule has 0 amide bonds. The van der Waals surface area contributed by atoms with Crippen molar-refractivity contribution in [3.63, 3.8) is 0 Å². The third-order valence-corrected chi connectivity index (χ3v) is 17.3. The number of ether oxygens (including phenoxy) is 2. The Labute approximate surface area is 477 Å². The van der Waals surface area contributed by atoms with Gasteiger partial charge in [-0.1, -0.05) is 329 Å². The Hall–Kier alpha value is -1.58. The van der Waals surface area contributed by atoms with Gasteiger partial charge in [0.1, 0.15) is 0 Å². The highest BCUT2D eigenvalue weighted by Crippen LogP contribution is 2.43. The summed E-state index contributed by atoms with van der Waals surface area (Å²) in [5, 5.41) is 0. The Balaban J connectivity index is 2.29. The van der Waals surface area contributed by atoms with E-state index in [-0.39, 0.29) is 11.9 Å². The monoisotopic (exact) mass is 1070 g/mol. The zero-order valence-electron chi connectivity index (χ0n) is 52.6. The van der Waals surface area contributed by atoms with E-state index in [0.29, 0.717) is 37.9 Å². The molecule has 0 spiro atoms.